The van der Waals surface area contributed by atoms with Gasteiger partial charge >= 0.3 is 12.2 Å². The Hall–Kier alpha value is -2.48. The van der Waals surface area contributed by atoms with E-state index in [1.807, 2.05) is 12.1 Å². The molecule has 2 unspecified atom stereocenters. The fraction of sp³-hybridized carbons (Fsp3) is 0.476. The normalized spacial score (nSPS) is 26.7. The van der Waals surface area contributed by atoms with Crippen LogP contribution in [0.1, 0.15) is 43.4 Å². The van der Waals surface area contributed by atoms with Gasteiger partial charge in [-0.25, -0.2) is 4.79 Å². The van der Waals surface area contributed by atoms with E-state index in [2.05, 4.69) is 10.6 Å². The summed E-state index contributed by atoms with van der Waals surface area (Å²) in [6, 6.07) is 9.12. The first-order chi connectivity index (χ1) is 13.9. The number of para-hydroxylation sites is 1. The van der Waals surface area contributed by atoms with Crippen molar-refractivity contribution >= 4 is 11.7 Å². The number of rotatable bonds is 4. The Morgan fingerprint density at radius 1 is 1.10 bits per heavy atom. The molecule has 0 radical (unpaired) electrons. The number of furan rings is 1. The number of alkyl halides is 3. The first-order valence-electron chi connectivity index (χ1n) is 10.0. The maximum atomic E-state index is 13.1. The van der Waals surface area contributed by atoms with Gasteiger partial charge in [0.15, 0.2) is 5.76 Å². The molecule has 3 heterocycles. The van der Waals surface area contributed by atoms with Crippen molar-refractivity contribution in [2.45, 2.75) is 63.0 Å². The minimum atomic E-state index is -4.51. The molecule has 2 aliphatic heterocycles. The highest BCUT2D eigenvalue weighted by Gasteiger charge is 2.42. The molecule has 0 spiro atoms. The molecule has 5 nitrogen and oxygen atoms in total. The summed E-state index contributed by atoms with van der Waals surface area (Å²) < 4.78 is 44.9. The van der Waals surface area contributed by atoms with Crippen molar-refractivity contribution in [2.75, 3.05) is 5.32 Å². The molecular formula is C21H25F3N3O2+. The predicted molar refractivity (Wildman–Crippen MR) is 101 cm³/mol. The molecule has 0 aliphatic carbocycles. The number of urea groups is 1. The van der Waals surface area contributed by atoms with Crippen LogP contribution in [0.25, 0.3) is 0 Å². The van der Waals surface area contributed by atoms with Gasteiger partial charge in [-0.15, -0.1) is 0 Å². The van der Waals surface area contributed by atoms with Crippen LogP contribution >= 0.6 is 0 Å². The molecule has 0 saturated carbocycles. The zero-order valence-corrected chi connectivity index (χ0v) is 16.0. The van der Waals surface area contributed by atoms with Crippen LogP contribution in [-0.2, 0) is 12.7 Å². The number of carbonyl (C=O) groups excluding carboxylic acids is 1. The zero-order valence-electron chi connectivity index (χ0n) is 16.0. The van der Waals surface area contributed by atoms with Gasteiger partial charge in [-0.1, -0.05) is 12.1 Å². The van der Waals surface area contributed by atoms with Crippen LogP contribution in [0.15, 0.2) is 47.1 Å². The SMILES string of the molecule is O=C(Nc1ccccc1C(F)(F)F)NC1C[C@H]2CCC[C@@H](C1)[NH+]2Cc1ccco1. The lowest BCUT2D eigenvalue weighted by atomic mass is 9.81. The molecule has 1 aromatic heterocycles. The summed E-state index contributed by atoms with van der Waals surface area (Å²) in [4.78, 5) is 13.9. The minimum Gasteiger partial charge on any atom is -0.463 e. The number of nitrogens with one attached hydrogen (secondary N) is 3. The standard InChI is InChI=1S/C21H24F3N3O2/c22-21(23,24)18-8-1-2-9-19(18)26-20(28)25-14-11-15-5-3-6-16(12-14)27(15)13-17-7-4-10-29-17/h1-2,4,7-10,14-16H,3,5-6,11-13H2,(H2,25,26,28)/p+1/t14?,15-,16+. The second kappa shape index (κ2) is 8.10. The number of halogens is 3. The highest BCUT2D eigenvalue weighted by atomic mass is 19.4. The third-order valence-corrected chi connectivity index (χ3v) is 6.07. The maximum absolute atomic E-state index is 13.1. The van der Waals surface area contributed by atoms with Crippen molar-refractivity contribution in [3.63, 3.8) is 0 Å². The van der Waals surface area contributed by atoms with Crippen molar-refractivity contribution in [1.29, 1.82) is 0 Å². The van der Waals surface area contributed by atoms with E-state index in [9.17, 15) is 18.0 Å². The van der Waals surface area contributed by atoms with Gasteiger partial charge in [0.2, 0.25) is 0 Å². The van der Waals surface area contributed by atoms with Crippen LogP contribution in [0, 0.1) is 0 Å². The van der Waals surface area contributed by atoms with E-state index < -0.39 is 17.8 Å². The molecule has 2 aliphatic rings. The quantitative estimate of drug-likeness (QED) is 0.724. The van der Waals surface area contributed by atoms with Crippen molar-refractivity contribution < 1.29 is 27.3 Å². The molecule has 2 bridgehead atoms. The van der Waals surface area contributed by atoms with Crippen molar-refractivity contribution in [3.8, 4) is 0 Å². The molecule has 156 valence electrons. The number of benzene rings is 1. The zero-order chi connectivity index (χ0) is 20.4. The molecule has 29 heavy (non-hydrogen) atoms. The van der Waals surface area contributed by atoms with E-state index in [0.717, 1.165) is 44.1 Å². The maximum Gasteiger partial charge on any atom is 0.418 e. The topological polar surface area (TPSA) is 58.7 Å². The number of hydrogen-bond donors (Lipinski definition) is 3. The number of piperidine rings is 2. The largest absolute Gasteiger partial charge is 0.463 e. The molecular weight excluding hydrogens is 383 g/mol. The first-order valence-corrected chi connectivity index (χ1v) is 10.0. The Morgan fingerprint density at radius 2 is 1.83 bits per heavy atom. The minimum absolute atomic E-state index is 0.0382. The fourth-order valence-electron chi connectivity index (χ4n) is 4.84. The molecule has 1 aromatic carbocycles. The van der Waals surface area contributed by atoms with Crippen LogP contribution in [0.3, 0.4) is 0 Å². The molecule has 2 amide bonds. The van der Waals surface area contributed by atoms with Gasteiger partial charge in [0.25, 0.3) is 0 Å². The number of amides is 2. The highest BCUT2D eigenvalue weighted by Crippen LogP contribution is 2.34. The number of hydrogen-bond acceptors (Lipinski definition) is 2. The van der Waals surface area contributed by atoms with Gasteiger partial charge in [0.05, 0.1) is 29.6 Å². The summed E-state index contributed by atoms with van der Waals surface area (Å²) >= 11 is 0. The van der Waals surface area contributed by atoms with Gasteiger partial charge in [-0.2, -0.15) is 13.2 Å². The Labute approximate surface area is 167 Å². The van der Waals surface area contributed by atoms with Crippen LogP contribution < -0.4 is 15.5 Å². The predicted octanol–water partition coefficient (Wildman–Crippen LogP) is 3.59. The number of carbonyl (C=O) groups is 1. The molecule has 4 rings (SSSR count). The van der Waals surface area contributed by atoms with E-state index in [4.69, 9.17) is 4.42 Å². The second-order valence-electron chi connectivity index (χ2n) is 7.97. The molecule has 3 N–H and O–H groups in total. The smallest absolute Gasteiger partial charge is 0.418 e. The summed E-state index contributed by atoms with van der Waals surface area (Å²) in [6.45, 7) is 0.834. The molecule has 2 saturated heterocycles. The average Bonchev–Trinajstić information content (AvgIpc) is 3.15. The van der Waals surface area contributed by atoms with Crippen molar-refractivity contribution in [1.82, 2.24) is 5.32 Å². The van der Waals surface area contributed by atoms with Crippen LogP contribution in [0.5, 0.6) is 0 Å². The number of quaternary nitrogens is 1. The van der Waals surface area contributed by atoms with Crippen LogP contribution in [-0.4, -0.2) is 24.2 Å². The summed E-state index contributed by atoms with van der Waals surface area (Å²) in [6.07, 6.45) is 2.16. The molecule has 4 atom stereocenters. The second-order valence-corrected chi connectivity index (χ2v) is 7.97. The molecule has 2 fully saturated rings. The van der Waals surface area contributed by atoms with Gasteiger partial charge in [-0.3, -0.25) is 0 Å². The van der Waals surface area contributed by atoms with E-state index in [1.54, 1.807) is 6.26 Å². The molecule has 8 heteroatoms. The molecule has 2 aromatic rings. The Balaban J connectivity index is 1.38. The third-order valence-electron chi connectivity index (χ3n) is 6.07. The summed E-state index contributed by atoms with van der Waals surface area (Å²) in [5.74, 6) is 0.963. The van der Waals surface area contributed by atoms with E-state index in [0.29, 0.717) is 12.1 Å². The lowest BCUT2D eigenvalue weighted by Crippen LogP contribution is -3.20. The summed E-state index contributed by atoms with van der Waals surface area (Å²) in [5.41, 5.74) is -1.07. The number of fused-ring (bicyclic) bond motifs is 2. The highest BCUT2D eigenvalue weighted by molar-refractivity contribution is 5.90. The van der Waals surface area contributed by atoms with Crippen LogP contribution in [0.4, 0.5) is 23.7 Å². The Kier molecular flexibility index (Phi) is 5.54. The third kappa shape index (κ3) is 4.58. The Morgan fingerprint density at radius 3 is 2.48 bits per heavy atom. The monoisotopic (exact) mass is 408 g/mol. The average molecular weight is 408 g/mol. The van der Waals surface area contributed by atoms with Gasteiger partial charge in [0.1, 0.15) is 6.54 Å². The van der Waals surface area contributed by atoms with E-state index in [-0.39, 0.29) is 11.7 Å². The van der Waals surface area contributed by atoms with Crippen molar-refractivity contribution in [3.05, 3.63) is 54.0 Å². The summed E-state index contributed by atoms with van der Waals surface area (Å²) in [5, 5.41) is 5.29. The Bertz CT molecular complexity index is 824. The van der Waals surface area contributed by atoms with Crippen LogP contribution in [0.2, 0.25) is 0 Å². The summed E-state index contributed by atoms with van der Waals surface area (Å²) in [7, 11) is 0. The number of anilines is 1. The fourth-order valence-corrected chi connectivity index (χ4v) is 4.84. The lowest BCUT2D eigenvalue weighted by molar-refractivity contribution is -0.974. The first kappa shape index (κ1) is 19.8. The lowest BCUT2D eigenvalue weighted by Gasteiger charge is -2.45. The van der Waals surface area contributed by atoms with Crippen molar-refractivity contribution in [2.24, 2.45) is 0 Å². The van der Waals surface area contributed by atoms with E-state index in [1.165, 1.54) is 29.5 Å². The van der Waals surface area contributed by atoms with Gasteiger partial charge in [0, 0.05) is 18.9 Å². The van der Waals surface area contributed by atoms with Gasteiger partial charge < -0.3 is 20.0 Å². The van der Waals surface area contributed by atoms with Gasteiger partial charge in [-0.05, 0) is 43.5 Å². The van der Waals surface area contributed by atoms with E-state index >= 15 is 0 Å².